The molecule has 0 bridgehead atoms. The molecule has 1 fully saturated rings. The lowest BCUT2D eigenvalue weighted by Crippen LogP contribution is -2.27. The van der Waals surface area contributed by atoms with E-state index in [4.69, 9.17) is 5.26 Å². The maximum Gasteiger partial charge on any atom is 0.127 e. The zero-order valence-electron chi connectivity index (χ0n) is 8.68. The van der Waals surface area contributed by atoms with Crippen LogP contribution in [0.25, 0.3) is 0 Å². The van der Waals surface area contributed by atoms with Gasteiger partial charge in [0.15, 0.2) is 0 Å². The van der Waals surface area contributed by atoms with Crippen molar-refractivity contribution in [2.45, 2.75) is 31.8 Å². The van der Waals surface area contributed by atoms with Gasteiger partial charge in [0.25, 0.3) is 0 Å². The fourth-order valence-corrected chi connectivity index (χ4v) is 1.45. The van der Waals surface area contributed by atoms with E-state index in [0.29, 0.717) is 17.7 Å². The minimum Gasteiger partial charge on any atom is -0.307 e. The third-order valence-electron chi connectivity index (χ3n) is 2.88. The number of hydrogen-bond acceptors (Lipinski definition) is 2. The summed E-state index contributed by atoms with van der Waals surface area (Å²) >= 11 is 0. The fraction of sp³-hybridized carbons (Fsp3) is 0.417. The van der Waals surface area contributed by atoms with Crippen LogP contribution in [0.15, 0.2) is 18.2 Å². The van der Waals surface area contributed by atoms with Gasteiger partial charge in [-0.3, -0.25) is 0 Å². The van der Waals surface area contributed by atoms with E-state index in [9.17, 15) is 4.39 Å². The first-order valence-corrected chi connectivity index (χ1v) is 5.06. The normalized spacial score (nSPS) is 17.1. The smallest absolute Gasteiger partial charge is 0.127 e. The van der Waals surface area contributed by atoms with Crippen molar-refractivity contribution in [3.63, 3.8) is 0 Å². The van der Waals surface area contributed by atoms with Gasteiger partial charge < -0.3 is 5.32 Å². The molecular weight excluding hydrogens is 191 g/mol. The van der Waals surface area contributed by atoms with E-state index >= 15 is 0 Å². The number of halogens is 1. The summed E-state index contributed by atoms with van der Waals surface area (Å²) in [7, 11) is 0. The molecule has 0 aromatic heterocycles. The van der Waals surface area contributed by atoms with E-state index in [-0.39, 0.29) is 11.4 Å². The van der Waals surface area contributed by atoms with Crippen LogP contribution in [0.2, 0.25) is 0 Å². The average Bonchev–Trinajstić information content (AvgIpc) is 2.96. The first-order chi connectivity index (χ1) is 7.13. The molecule has 1 aliphatic carbocycles. The molecular formula is C12H13FN2. The summed E-state index contributed by atoms with van der Waals surface area (Å²) < 4.78 is 13.4. The molecule has 0 aliphatic heterocycles. The van der Waals surface area contributed by atoms with Gasteiger partial charge in [-0.05, 0) is 38.0 Å². The Balaban J connectivity index is 2.09. The van der Waals surface area contributed by atoms with Gasteiger partial charge in [0.1, 0.15) is 5.82 Å². The third kappa shape index (κ3) is 2.34. The highest BCUT2D eigenvalue weighted by Gasteiger charge is 2.36. The van der Waals surface area contributed by atoms with Crippen molar-refractivity contribution in [1.82, 2.24) is 5.32 Å². The number of nitriles is 1. The molecule has 0 atom stereocenters. The average molecular weight is 204 g/mol. The minimum atomic E-state index is -0.245. The van der Waals surface area contributed by atoms with Gasteiger partial charge in [-0.1, -0.05) is 0 Å². The number of rotatable bonds is 3. The zero-order valence-corrected chi connectivity index (χ0v) is 8.68. The lowest BCUT2D eigenvalue weighted by atomic mass is 10.1. The lowest BCUT2D eigenvalue weighted by molar-refractivity contribution is 0.518. The standard InChI is InChI=1S/C12H13FN2/c1-12(4-5-12)15-8-10-6-9(7-14)2-3-11(10)13/h2-3,6,15H,4-5,8H2,1H3. The second-order valence-corrected chi connectivity index (χ2v) is 4.33. The Morgan fingerprint density at radius 3 is 2.87 bits per heavy atom. The Morgan fingerprint density at radius 2 is 2.27 bits per heavy atom. The molecule has 1 aromatic rings. The molecule has 0 saturated heterocycles. The predicted molar refractivity (Wildman–Crippen MR) is 55.6 cm³/mol. The molecule has 0 spiro atoms. The second kappa shape index (κ2) is 3.63. The van der Waals surface area contributed by atoms with E-state index in [0.717, 1.165) is 12.8 Å². The Kier molecular flexibility index (Phi) is 2.45. The largest absolute Gasteiger partial charge is 0.307 e. The van der Waals surface area contributed by atoms with Gasteiger partial charge in [-0.15, -0.1) is 0 Å². The number of nitrogens with zero attached hydrogens (tertiary/aromatic N) is 1. The maximum atomic E-state index is 13.4. The molecule has 1 saturated carbocycles. The van der Waals surface area contributed by atoms with E-state index < -0.39 is 0 Å². The Labute approximate surface area is 88.7 Å². The van der Waals surface area contributed by atoms with Gasteiger partial charge in [-0.25, -0.2) is 4.39 Å². The van der Waals surface area contributed by atoms with Crippen molar-refractivity contribution < 1.29 is 4.39 Å². The van der Waals surface area contributed by atoms with Crippen LogP contribution in [0.4, 0.5) is 4.39 Å². The minimum absolute atomic E-state index is 0.190. The SMILES string of the molecule is CC1(NCc2cc(C#N)ccc2F)CC1. The van der Waals surface area contributed by atoms with Crippen LogP contribution in [0.1, 0.15) is 30.9 Å². The second-order valence-electron chi connectivity index (χ2n) is 4.33. The van der Waals surface area contributed by atoms with Crippen LogP contribution in [0.5, 0.6) is 0 Å². The van der Waals surface area contributed by atoms with E-state index in [2.05, 4.69) is 12.2 Å². The number of nitrogens with one attached hydrogen (secondary N) is 1. The lowest BCUT2D eigenvalue weighted by Gasteiger charge is -2.11. The highest BCUT2D eigenvalue weighted by Crippen LogP contribution is 2.34. The van der Waals surface area contributed by atoms with Crippen LogP contribution in [0, 0.1) is 17.1 Å². The summed E-state index contributed by atoms with van der Waals surface area (Å²) in [5, 5.41) is 12.0. The summed E-state index contributed by atoms with van der Waals surface area (Å²) in [5.74, 6) is -0.245. The van der Waals surface area contributed by atoms with E-state index in [1.807, 2.05) is 6.07 Å². The molecule has 1 N–H and O–H groups in total. The molecule has 1 aliphatic rings. The molecule has 0 unspecified atom stereocenters. The van der Waals surface area contributed by atoms with Gasteiger partial charge in [0, 0.05) is 17.6 Å². The van der Waals surface area contributed by atoms with Crippen molar-refractivity contribution >= 4 is 0 Å². The molecule has 78 valence electrons. The molecule has 0 radical (unpaired) electrons. The van der Waals surface area contributed by atoms with Gasteiger partial charge in [0.05, 0.1) is 11.6 Å². The topological polar surface area (TPSA) is 35.8 Å². The Hall–Kier alpha value is -1.40. The van der Waals surface area contributed by atoms with Gasteiger partial charge in [-0.2, -0.15) is 5.26 Å². The molecule has 2 nitrogen and oxygen atoms in total. The highest BCUT2D eigenvalue weighted by molar-refractivity contribution is 5.33. The Bertz CT molecular complexity index is 416. The quantitative estimate of drug-likeness (QED) is 0.820. The molecule has 0 heterocycles. The summed E-state index contributed by atoms with van der Waals surface area (Å²) in [6.07, 6.45) is 2.29. The van der Waals surface area contributed by atoms with Gasteiger partial charge in [0.2, 0.25) is 0 Å². The van der Waals surface area contributed by atoms with Crippen molar-refractivity contribution in [2.24, 2.45) is 0 Å². The molecule has 3 heteroatoms. The van der Waals surface area contributed by atoms with E-state index in [1.54, 1.807) is 6.07 Å². The fourth-order valence-electron chi connectivity index (χ4n) is 1.45. The monoisotopic (exact) mass is 204 g/mol. The van der Waals surface area contributed by atoms with Crippen LogP contribution in [-0.4, -0.2) is 5.54 Å². The summed E-state index contributed by atoms with van der Waals surface area (Å²) in [4.78, 5) is 0. The summed E-state index contributed by atoms with van der Waals surface area (Å²) in [6.45, 7) is 2.62. The van der Waals surface area contributed by atoms with Crippen LogP contribution in [-0.2, 0) is 6.54 Å². The van der Waals surface area contributed by atoms with Crippen LogP contribution >= 0.6 is 0 Å². The molecule has 0 amide bonds. The highest BCUT2D eigenvalue weighted by atomic mass is 19.1. The Morgan fingerprint density at radius 1 is 1.53 bits per heavy atom. The van der Waals surface area contributed by atoms with Gasteiger partial charge >= 0.3 is 0 Å². The van der Waals surface area contributed by atoms with Crippen LogP contribution in [0.3, 0.4) is 0 Å². The van der Waals surface area contributed by atoms with Crippen molar-refractivity contribution in [2.75, 3.05) is 0 Å². The number of benzene rings is 1. The first kappa shape index (κ1) is 10.1. The third-order valence-corrected chi connectivity index (χ3v) is 2.88. The molecule has 2 rings (SSSR count). The van der Waals surface area contributed by atoms with E-state index in [1.165, 1.54) is 12.1 Å². The summed E-state index contributed by atoms with van der Waals surface area (Å²) in [6, 6.07) is 6.47. The van der Waals surface area contributed by atoms with Crippen molar-refractivity contribution in [3.05, 3.63) is 35.1 Å². The summed E-state index contributed by atoms with van der Waals surface area (Å²) in [5.41, 5.74) is 1.27. The van der Waals surface area contributed by atoms with Crippen molar-refractivity contribution in [3.8, 4) is 6.07 Å². The van der Waals surface area contributed by atoms with Crippen molar-refractivity contribution in [1.29, 1.82) is 5.26 Å². The zero-order chi connectivity index (χ0) is 10.9. The molecule has 1 aromatic carbocycles. The predicted octanol–water partition coefficient (Wildman–Crippen LogP) is 2.34. The number of hydrogen-bond donors (Lipinski definition) is 1. The first-order valence-electron chi connectivity index (χ1n) is 5.06. The maximum absolute atomic E-state index is 13.4. The van der Waals surface area contributed by atoms with Crippen LogP contribution < -0.4 is 5.32 Å². The molecule has 15 heavy (non-hydrogen) atoms.